The SMILES string of the molecule is CC[C@H](C)[C@H](C[C@H](O)CC(=O)O[C@H]1[C@@H](O)[C@@H](C)O[C@@H](OC(=O)[C@]23CCC(C)(C)C[C@H]2C2=CCC4[C@@]5(C)CC[C@H](O[C@@H]6O[C@H](C(=O)O)[C@@H](O)[C@H](O[C@H]7C[C@@H](O)[C@H](C)CO7)[C@H]6O[C@@H]6O[C@H](CO)[C@H](O)[C@H](O)[C@H]6O)[C@@](C)(C=O)[C@@H]5CC[C@@]4(C)[C@]2(C)CC3)[C@@H]1O[C@@H]1O[C@@H](C)[C@H](O[C@@H]2OC[C@@H](O)[C@H](O)[C@H]2O)[C@@H](O[C@@H]2O[C@H](CO)[C@@H](O)[C@H](O)[C@H]2O)[C@H]1O)OC(=O)C[C@@H](O)C[C@H](O[C@@H]1O[C@@H](CO)[C@H](O)[C@H]1O)[C@@H](C)CC. The van der Waals surface area contributed by atoms with Crippen LogP contribution in [-0.4, -0.2) is 416 Å². The minimum Gasteiger partial charge on any atom is -0.479 e. The molecule has 44 nitrogen and oxygen atoms in total. The molecule has 0 aromatic carbocycles. The van der Waals surface area contributed by atoms with Gasteiger partial charge in [-0.3, -0.25) is 14.4 Å². The van der Waals surface area contributed by atoms with Gasteiger partial charge in [0.25, 0.3) is 0 Å². The first kappa shape index (κ1) is 111. The van der Waals surface area contributed by atoms with Crippen LogP contribution in [0.2, 0.25) is 0 Å². The monoisotopic (exact) mass is 1980 g/mol. The Morgan fingerprint density at radius 2 is 1.01 bits per heavy atom. The predicted molar refractivity (Wildman–Crippen MR) is 464 cm³/mol. The van der Waals surface area contributed by atoms with Crippen LogP contribution in [0.3, 0.4) is 0 Å². The number of carbonyl (C=O) groups is 5. The lowest BCUT2D eigenvalue weighted by atomic mass is 9.33. The molecule has 44 heteroatoms. The molecule has 13 rings (SSSR count). The van der Waals surface area contributed by atoms with Crippen LogP contribution < -0.4 is 0 Å². The van der Waals surface area contributed by atoms with E-state index in [0.717, 1.165) is 11.9 Å². The Morgan fingerprint density at radius 3 is 1.61 bits per heavy atom. The first-order chi connectivity index (χ1) is 64.9. The minimum atomic E-state index is -2.27. The number of aliphatic carboxylic acids is 1. The van der Waals surface area contributed by atoms with Crippen LogP contribution in [-0.2, 0) is 109 Å². The Bertz CT molecular complexity index is 4060. The van der Waals surface area contributed by atoms with Gasteiger partial charge in [0.2, 0.25) is 6.29 Å². The quantitative estimate of drug-likeness (QED) is 0.00989. The van der Waals surface area contributed by atoms with Crippen molar-refractivity contribution in [3.63, 3.8) is 0 Å². The Morgan fingerprint density at radius 1 is 0.486 bits per heavy atom. The van der Waals surface area contributed by atoms with E-state index in [-0.39, 0.29) is 56.5 Å². The standard InChI is InChI=1S/C94H152O44/c1-14-38(3)49(125-57(103)28-44(100)27-50(39(4)15-2)126-82-68(113)64(109)53(34-97)127-82)26-43(99)29-58(104)131-74-60(105)41(6)123-86(78(74)137-85-72(117)76(134-83-69(114)65(110)62(107)51(32-95)128-83)73(42(7)124-85)133-81-67(112)61(106)48(102)36-122-81)138-88(120)94-24-22-89(8,9)31-46(94)45-16-17-55-90(10)20-19-56(91(11,37-98)54(90)18-21-93(55,13)92(45,12)23-25-94)130-87-79(136-84-70(115)66(111)63(108)52(33-96)129-84)75(71(116)77(135-87)80(118)119)132-59-30-47(101)40(5)35-121-59/h16,37-44,46-56,59-79,81-87,95-97,99-102,105-117H,14-15,17-36H2,1-13H3,(H,118,119)/t38-,39-,40+,41+,42-,43-,44-,46-,47+,48+,49-,50-,51+,52+,53-,54+,55?,56-,59-,60-,61-,62+,63-,64-,65-,66-,67+,68+,69+,70+,71-,72+,73-,74-,75-,76-,77-,78+,79+,81-,82+,83-,84-,85-,86-,87+,90-,91-,92+,93+,94-/m0/s1. The molecule has 13 aliphatic rings. The molecule has 0 bridgehead atoms. The van der Waals surface area contributed by atoms with E-state index in [0.29, 0.717) is 57.8 Å². The minimum absolute atomic E-state index is 0.0111. The van der Waals surface area contributed by atoms with Crippen molar-refractivity contribution < 1.29 is 216 Å². The number of hydrogen-bond donors (Lipinski definition) is 21. The van der Waals surface area contributed by atoms with E-state index in [9.17, 15) is 126 Å². The summed E-state index contributed by atoms with van der Waals surface area (Å²) >= 11 is 0. The lowest BCUT2D eigenvalue weighted by Gasteiger charge is -2.71. The van der Waals surface area contributed by atoms with Gasteiger partial charge in [-0.15, -0.1) is 0 Å². The number of aldehydes is 1. The highest BCUT2D eigenvalue weighted by molar-refractivity contribution is 5.79. The summed E-state index contributed by atoms with van der Waals surface area (Å²) in [7, 11) is 0. The first-order valence-corrected chi connectivity index (χ1v) is 49.1. The molecule has 8 heterocycles. The van der Waals surface area contributed by atoms with Crippen LogP contribution in [0.25, 0.3) is 0 Å². The third-order valence-corrected chi connectivity index (χ3v) is 33.7. The summed E-state index contributed by atoms with van der Waals surface area (Å²) < 4.78 is 112. The van der Waals surface area contributed by atoms with Crippen molar-refractivity contribution in [3.05, 3.63) is 11.6 Å². The number of hydrogen-bond acceptors (Lipinski definition) is 43. The molecule has 8 aliphatic heterocycles. The van der Waals surface area contributed by atoms with Gasteiger partial charge in [0.05, 0.1) is 99.4 Å². The fourth-order valence-electron chi connectivity index (χ4n) is 24.3. The summed E-state index contributed by atoms with van der Waals surface area (Å²) in [5.74, 6) is -6.91. The molecule has 138 heavy (non-hydrogen) atoms. The summed E-state index contributed by atoms with van der Waals surface area (Å²) in [6.07, 6.45) is -63.3. The van der Waals surface area contributed by atoms with Crippen LogP contribution in [0, 0.1) is 68.0 Å². The maximum Gasteiger partial charge on any atom is 0.335 e. The summed E-state index contributed by atoms with van der Waals surface area (Å²) in [4.78, 5) is 73.0. The van der Waals surface area contributed by atoms with E-state index in [1.54, 1.807) is 34.6 Å². The van der Waals surface area contributed by atoms with Gasteiger partial charge < -0.3 is 197 Å². The van der Waals surface area contributed by atoms with Gasteiger partial charge in [0.15, 0.2) is 62.3 Å². The number of esters is 3. The topological polar surface area (TPSA) is 676 Å². The number of rotatable bonds is 35. The molecule has 1 unspecified atom stereocenters. The van der Waals surface area contributed by atoms with Crippen LogP contribution in [0.15, 0.2) is 11.6 Å². The maximum absolute atomic E-state index is 16.6. The Balaban J connectivity index is 0.784. The first-order valence-electron chi connectivity index (χ1n) is 49.1. The molecule has 4 saturated carbocycles. The Hall–Kier alpha value is -4.11. The number of aliphatic hydroxyl groups excluding tert-OH is 20. The zero-order valence-corrected chi connectivity index (χ0v) is 80.6. The van der Waals surface area contributed by atoms with Crippen molar-refractivity contribution in [2.75, 3.05) is 33.0 Å². The van der Waals surface area contributed by atoms with Crippen LogP contribution in [0.4, 0.5) is 0 Å². The second kappa shape index (κ2) is 44.9. The number of aliphatic hydroxyl groups is 20. The molecule has 0 radical (unpaired) electrons. The van der Waals surface area contributed by atoms with Crippen LogP contribution >= 0.6 is 0 Å². The fraction of sp³-hybridized carbons (Fsp3) is 0.926. The number of fused-ring (bicyclic) bond motifs is 7. The average molecular weight is 1990 g/mol. The van der Waals surface area contributed by atoms with E-state index in [1.807, 2.05) is 6.92 Å². The van der Waals surface area contributed by atoms with Crippen molar-refractivity contribution in [1.82, 2.24) is 0 Å². The lowest BCUT2D eigenvalue weighted by molar-refractivity contribution is -0.394. The summed E-state index contributed by atoms with van der Waals surface area (Å²) in [5, 5.41) is 233. The summed E-state index contributed by atoms with van der Waals surface area (Å²) in [6, 6.07) is 0. The highest BCUT2D eigenvalue weighted by Crippen LogP contribution is 2.76. The zero-order valence-electron chi connectivity index (χ0n) is 80.6. The van der Waals surface area contributed by atoms with E-state index in [2.05, 4.69) is 40.7 Å². The van der Waals surface area contributed by atoms with Gasteiger partial charge in [-0.05, 0) is 129 Å². The van der Waals surface area contributed by atoms with Gasteiger partial charge >= 0.3 is 23.9 Å². The molecular formula is C94H152O44. The smallest absolute Gasteiger partial charge is 0.335 e. The van der Waals surface area contributed by atoms with Crippen molar-refractivity contribution in [1.29, 1.82) is 0 Å². The average Bonchev–Trinajstić information content (AvgIpc) is 0.799. The highest BCUT2D eigenvalue weighted by Gasteiger charge is 2.72. The molecule has 12 fully saturated rings. The zero-order chi connectivity index (χ0) is 101. The van der Waals surface area contributed by atoms with Crippen molar-refractivity contribution >= 4 is 30.2 Å². The maximum atomic E-state index is 16.6. The van der Waals surface area contributed by atoms with E-state index >= 15 is 4.79 Å². The van der Waals surface area contributed by atoms with E-state index in [4.69, 9.17) is 85.3 Å². The third kappa shape index (κ3) is 22.1. The number of carboxylic acid groups (broad SMARTS) is 1. The van der Waals surface area contributed by atoms with E-state index < -0.39 is 365 Å². The van der Waals surface area contributed by atoms with Crippen molar-refractivity contribution in [3.8, 4) is 0 Å². The number of allylic oxidation sites excluding steroid dienone is 2. The molecule has 51 atom stereocenters. The molecular weight excluding hydrogens is 1830 g/mol. The number of ether oxygens (including phenoxy) is 18. The second-order valence-electron chi connectivity index (χ2n) is 43.1. The molecule has 21 N–H and O–H groups in total. The van der Waals surface area contributed by atoms with Gasteiger partial charge in [0.1, 0.15) is 141 Å². The molecule has 0 aromatic heterocycles. The number of carbonyl (C=O) groups excluding carboxylic acids is 4. The van der Waals surface area contributed by atoms with Crippen molar-refractivity contribution in [2.24, 2.45) is 68.0 Å². The predicted octanol–water partition coefficient (Wildman–Crippen LogP) is -2.99. The molecule has 8 saturated heterocycles. The lowest BCUT2D eigenvalue weighted by Crippen LogP contribution is -2.68. The Kier molecular flexibility index (Phi) is 36.1. The summed E-state index contributed by atoms with van der Waals surface area (Å²) in [6.45, 7) is 21.2. The van der Waals surface area contributed by atoms with Crippen LogP contribution in [0.1, 0.15) is 199 Å². The normalized spacial score (nSPS) is 48.3. The van der Waals surface area contributed by atoms with Gasteiger partial charge in [-0.1, -0.05) is 101 Å². The fourth-order valence-corrected chi connectivity index (χ4v) is 24.3. The summed E-state index contributed by atoms with van der Waals surface area (Å²) in [5.41, 5.74) is -4.18. The second-order valence-corrected chi connectivity index (χ2v) is 43.1. The van der Waals surface area contributed by atoms with Gasteiger partial charge in [-0.2, -0.15) is 0 Å². The highest BCUT2D eigenvalue weighted by atomic mass is 16.8. The van der Waals surface area contributed by atoms with Gasteiger partial charge in [-0.25, -0.2) is 4.79 Å². The molecule has 0 spiro atoms. The van der Waals surface area contributed by atoms with E-state index in [1.165, 1.54) is 13.8 Å². The van der Waals surface area contributed by atoms with Crippen molar-refractivity contribution in [2.45, 2.75) is 445 Å². The molecule has 792 valence electrons. The molecule has 5 aliphatic carbocycles. The van der Waals surface area contributed by atoms with Crippen LogP contribution in [0.5, 0.6) is 0 Å². The number of carboxylic acids is 1. The van der Waals surface area contributed by atoms with Gasteiger partial charge in [0, 0.05) is 25.2 Å². The third-order valence-electron chi connectivity index (χ3n) is 33.7. The molecule has 0 aromatic rings. The molecule has 0 amide bonds. The largest absolute Gasteiger partial charge is 0.479 e. The Labute approximate surface area is 800 Å².